The first kappa shape index (κ1) is 14.8. The largest absolute Gasteiger partial charge is 0.481 e. The van der Waals surface area contributed by atoms with Crippen molar-refractivity contribution in [2.75, 3.05) is 0 Å². The molecule has 0 fully saturated rings. The predicted molar refractivity (Wildman–Crippen MR) is 85.5 cm³/mol. The monoisotopic (exact) mass is 359 g/mol. The summed E-state index contributed by atoms with van der Waals surface area (Å²) in [6, 6.07) is 14.3. The molecule has 1 heterocycles. The van der Waals surface area contributed by atoms with Gasteiger partial charge < -0.3 is 10.0 Å². The van der Waals surface area contributed by atoms with Crippen LogP contribution in [-0.4, -0.2) is 21.9 Å². The van der Waals surface area contributed by atoms with Crippen molar-refractivity contribution in [3.8, 4) is 0 Å². The van der Waals surface area contributed by atoms with Crippen molar-refractivity contribution in [2.24, 2.45) is 0 Å². The van der Waals surface area contributed by atoms with Crippen LogP contribution in [0.2, 0.25) is 0 Å². The van der Waals surface area contributed by atoms with E-state index in [-0.39, 0.29) is 12.3 Å². The van der Waals surface area contributed by atoms with Gasteiger partial charge >= 0.3 is 5.97 Å². The highest BCUT2D eigenvalue weighted by Crippen LogP contribution is 2.36. The number of fused-ring (bicyclic) bond motifs is 1. The van der Waals surface area contributed by atoms with Gasteiger partial charge in [0.2, 0.25) is 0 Å². The molecule has 0 spiro atoms. The van der Waals surface area contributed by atoms with Crippen molar-refractivity contribution >= 4 is 27.8 Å². The Bertz CT molecular complexity index is 744. The quantitative estimate of drug-likeness (QED) is 0.906. The standard InChI is InChI=1S/C17H14BrNO3/c18-14-8-4-3-7-13(14)15(9-16(20)21)19-10-11-5-1-2-6-12(11)17(19)22/h1-8,15H,9-10H2,(H,20,21)/t15-/m0/s1. The highest BCUT2D eigenvalue weighted by Gasteiger charge is 2.35. The third-order valence-corrected chi connectivity index (χ3v) is 4.58. The van der Waals surface area contributed by atoms with E-state index in [2.05, 4.69) is 15.9 Å². The lowest BCUT2D eigenvalue weighted by molar-refractivity contribution is -0.138. The molecule has 2 aromatic carbocycles. The molecule has 22 heavy (non-hydrogen) atoms. The molecule has 112 valence electrons. The number of carbonyl (C=O) groups is 2. The fraction of sp³-hybridized carbons (Fsp3) is 0.176. The van der Waals surface area contributed by atoms with Crippen LogP contribution in [0.25, 0.3) is 0 Å². The maximum absolute atomic E-state index is 12.6. The van der Waals surface area contributed by atoms with Gasteiger partial charge in [-0.3, -0.25) is 9.59 Å². The minimum atomic E-state index is -0.926. The maximum atomic E-state index is 12.6. The second-order valence-electron chi connectivity index (χ2n) is 5.23. The van der Waals surface area contributed by atoms with E-state index in [1.54, 1.807) is 11.0 Å². The molecule has 0 bridgehead atoms. The van der Waals surface area contributed by atoms with Crippen molar-refractivity contribution < 1.29 is 14.7 Å². The molecule has 4 nitrogen and oxygen atoms in total. The van der Waals surface area contributed by atoms with E-state index >= 15 is 0 Å². The van der Waals surface area contributed by atoms with Gasteiger partial charge in [0, 0.05) is 16.6 Å². The molecule has 0 unspecified atom stereocenters. The minimum Gasteiger partial charge on any atom is -0.481 e. The Morgan fingerprint density at radius 2 is 1.86 bits per heavy atom. The summed E-state index contributed by atoms with van der Waals surface area (Å²) in [5.41, 5.74) is 2.41. The van der Waals surface area contributed by atoms with Crippen molar-refractivity contribution in [3.63, 3.8) is 0 Å². The first-order chi connectivity index (χ1) is 10.6. The zero-order valence-electron chi connectivity index (χ0n) is 11.7. The molecule has 5 heteroatoms. The fourth-order valence-electron chi connectivity index (χ4n) is 2.83. The third kappa shape index (κ3) is 2.64. The van der Waals surface area contributed by atoms with Crippen LogP contribution >= 0.6 is 15.9 Å². The van der Waals surface area contributed by atoms with Gasteiger partial charge in [-0.15, -0.1) is 0 Å². The summed E-state index contributed by atoms with van der Waals surface area (Å²) in [5, 5.41) is 9.25. The SMILES string of the molecule is O=C(O)C[C@@H](c1ccccc1Br)N1Cc2ccccc2C1=O. The number of rotatable bonds is 4. The number of aliphatic carboxylic acids is 1. The smallest absolute Gasteiger partial charge is 0.305 e. The summed E-state index contributed by atoms with van der Waals surface area (Å²) in [7, 11) is 0. The number of benzene rings is 2. The normalized spacial score (nSPS) is 14.8. The molecule has 0 aliphatic carbocycles. The van der Waals surface area contributed by atoms with E-state index in [0.717, 1.165) is 15.6 Å². The van der Waals surface area contributed by atoms with Crippen LogP contribution in [-0.2, 0) is 11.3 Å². The summed E-state index contributed by atoms with van der Waals surface area (Å²) in [6.07, 6.45) is -0.123. The van der Waals surface area contributed by atoms with Crippen LogP contribution in [0.4, 0.5) is 0 Å². The third-order valence-electron chi connectivity index (χ3n) is 3.86. The Morgan fingerprint density at radius 1 is 1.18 bits per heavy atom. The van der Waals surface area contributed by atoms with E-state index in [0.29, 0.717) is 12.1 Å². The molecule has 2 aromatic rings. The molecule has 1 aliphatic heterocycles. The number of amides is 1. The lowest BCUT2D eigenvalue weighted by Gasteiger charge is -2.27. The van der Waals surface area contributed by atoms with Crippen LogP contribution < -0.4 is 0 Å². The number of hydrogen-bond donors (Lipinski definition) is 1. The molecular weight excluding hydrogens is 346 g/mol. The van der Waals surface area contributed by atoms with Crippen molar-refractivity contribution in [1.82, 2.24) is 4.90 Å². The molecule has 1 amide bonds. The summed E-state index contributed by atoms with van der Waals surface area (Å²) >= 11 is 3.46. The van der Waals surface area contributed by atoms with E-state index in [1.807, 2.05) is 42.5 Å². The predicted octanol–water partition coefficient (Wildman–Crippen LogP) is 3.62. The van der Waals surface area contributed by atoms with Gasteiger partial charge in [0.05, 0.1) is 12.5 Å². The summed E-state index contributed by atoms with van der Waals surface area (Å²) in [6.45, 7) is 0.439. The van der Waals surface area contributed by atoms with Gasteiger partial charge in [0.25, 0.3) is 5.91 Å². The maximum Gasteiger partial charge on any atom is 0.305 e. The Balaban J connectivity index is 2.00. The van der Waals surface area contributed by atoms with Gasteiger partial charge in [0.1, 0.15) is 0 Å². The molecule has 1 aliphatic rings. The number of halogens is 1. The second-order valence-corrected chi connectivity index (χ2v) is 6.08. The van der Waals surface area contributed by atoms with Gasteiger partial charge in [-0.25, -0.2) is 0 Å². The lowest BCUT2D eigenvalue weighted by atomic mass is 10.0. The minimum absolute atomic E-state index is 0.113. The zero-order chi connectivity index (χ0) is 15.7. The molecule has 3 rings (SSSR count). The Hall–Kier alpha value is -2.14. The number of carboxylic acid groups (broad SMARTS) is 1. The molecule has 0 saturated carbocycles. The number of carboxylic acids is 1. The highest BCUT2D eigenvalue weighted by atomic mass is 79.9. The topological polar surface area (TPSA) is 57.6 Å². The average Bonchev–Trinajstić information content (AvgIpc) is 2.83. The van der Waals surface area contributed by atoms with Gasteiger partial charge in [-0.2, -0.15) is 0 Å². The van der Waals surface area contributed by atoms with Crippen molar-refractivity contribution in [3.05, 3.63) is 69.7 Å². The van der Waals surface area contributed by atoms with Crippen LogP contribution in [0.5, 0.6) is 0 Å². The van der Waals surface area contributed by atoms with Crippen LogP contribution in [0.15, 0.2) is 53.0 Å². The first-order valence-electron chi connectivity index (χ1n) is 6.93. The lowest BCUT2D eigenvalue weighted by Crippen LogP contribution is -2.31. The Morgan fingerprint density at radius 3 is 2.55 bits per heavy atom. The van der Waals surface area contributed by atoms with E-state index in [4.69, 9.17) is 0 Å². The summed E-state index contributed by atoms with van der Waals surface area (Å²) < 4.78 is 0.810. The number of carbonyl (C=O) groups excluding carboxylic acids is 1. The average molecular weight is 360 g/mol. The van der Waals surface area contributed by atoms with E-state index in [1.165, 1.54) is 0 Å². The van der Waals surface area contributed by atoms with Crippen molar-refractivity contribution in [1.29, 1.82) is 0 Å². The van der Waals surface area contributed by atoms with Crippen LogP contribution in [0.3, 0.4) is 0 Å². The molecule has 1 atom stereocenters. The molecule has 0 radical (unpaired) electrons. The molecular formula is C17H14BrNO3. The first-order valence-corrected chi connectivity index (χ1v) is 7.72. The van der Waals surface area contributed by atoms with Gasteiger partial charge in [-0.1, -0.05) is 52.3 Å². The molecule has 0 aromatic heterocycles. The van der Waals surface area contributed by atoms with E-state index in [9.17, 15) is 14.7 Å². The van der Waals surface area contributed by atoms with Gasteiger partial charge in [0.15, 0.2) is 0 Å². The van der Waals surface area contributed by atoms with Crippen LogP contribution in [0.1, 0.15) is 33.9 Å². The Labute approximate surface area is 136 Å². The summed E-state index contributed by atoms with van der Waals surface area (Å²) in [5.74, 6) is -1.04. The molecule has 0 saturated heterocycles. The highest BCUT2D eigenvalue weighted by molar-refractivity contribution is 9.10. The molecule has 1 N–H and O–H groups in total. The summed E-state index contributed by atoms with van der Waals surface area (Å²) in [4.78, 5) is 25.5. The Kier molecular flexibility index (Phi) is 3.98. The van der Waals surface area contributed by atoms with Gasteiger partial charge in [-0.05, 0) is 23.3 Å². The number of nitrogens with zero attached hydrogens (tertiary/aromatic N) is 1. The fourth-order valence-corrected chi connectivity index (χ4v) is 3.38. The second kappa shape index (κ2) is 5.93. The van der Waals surface area contributed by atoms with E-state index < -0.39 is 12.0 Å². The zero-order valence-corrected chi connectivity index (χ0v) is 13.3. The number of hydrogen-bond acceptors (Lipinski definition) is 2. The van der Waals surface area contributed by atoms with Crippen LogP contribution in [0, 0.1) is 0 Å². The van der Waals surface area contributed by atoms with Crippen molar-refractivity contribution in [2.45, 2.75) is 19.0 Å².